The van der Waals surface area contributed by atoms with Crippen molar-refractivity contribution in [2.75, 3.05) is 51.2 Å². The molecule has 5 rings (SSSR count). The number of benzene rings is 1. The molecular formula is C25H32N6O2. The van der Waals surface area contributed by atoms with Crippen molar-refractivity contribution in [3.8, 4) is 17.1 Å². The van der Waals surface area contributed by atoms with Crippen molar-refractivity contribution in [2.45, 2.75) is 32.2 Å². The number of aryl methyl sites for hydroxylation is 1. The van der Waals surface area contributed by atoms with Crippen LogP contribution in [-0.4, -0.2) is 76.3 Å². The van der Waals surface area contributed by atoms with Gasteiger partial charge in [0.2, 0.25) is 5.95 Å². The molecule has 2 aliphatic rings. The number of aromatic nitrogens is 3. The number of phenols is 1. The van der Waals surface area contributed by atoms with Crippen molar-refractivity contribution >= 4 is 5.95 Å². The first-order valence-electron chi connectivity index (χ1n) is 11.8. The lowest BCUT2D eigenvalue weighted by molar-refractivity contribution is 0.198. The van der Waals surface area contributed by atoms with E-state index in [1.165, 1.54) is 5.56 Å². The number of aromatic hydroxyl groups is 1. The molecule has 8 heteroatoms. The summed E-state index contributed by atoms with van der Waals surface area (Å²) in [5, 5.41) is 13.7. The molecule has 1 N–H and O–H groups in total. The predicted molar refractivity (Wildman–Crippen MR) is 127 cm³/mol. The van der Waals surface area contributed by atoms with Crippen molar-refractivity contribution in [3.05, 3.63) is 53.5 Å². The lowest BCUT2D eigenvalue weighted by Gasteiger charge is -2.35. The number of piperazine rings is 1. The molecule has 4 heterocycles. The van der Waals surface area contributed by atoms with Crippen LogP contribution in [0.15, 0.2) is 41.1 Å². The number of piperidine rings is 1. The van der Waals surface area contributed by atoms with Gasteiger partial charge in [-0.1, -0.05) is 17.3 Å². The monoisotopic (exact) mass is 448 g/mol. The minimum absolute atomic E-state index is 0.297. The van der Waals surface area contributed by atoms with Gasteiger partial charge in [-0.15, -0.1) is 0 Å². The molecule has 0 aliphatic carbocycles. The highest BCUT2D eigenvalue weighted by Gasteiger charge is 2.28. The molecule has 2 aromatic heterocycles. The van der Waals surface area contributed by atoms with Crippen LogP contribution in [0.2, 0.25) is 0 Å². The molecular weight excluding hydrogens is 416 g/mol. The molecule has 0 radical (unpaired) electrons. The van der Waals surface area contributed by atoms with Gasteiger partial charge >= 0.3 is 0 Å². The number of nitrogens with zero attached hydrogens (tertiary/aromatic N) is 6. The van der Waals surface area contributed by atoms with Crippen LogP contribution in [0.4, 0.5) is 5.95 Å². The Morgan fingerprint density at radius 1 is 1.09 bits per heavy atom. The van der Waals surface area contributed by atoms with Crippen molar-refractivity contribution in [1.82, 2.24) is 24.9 Å². The Kier molecular flexibility index (Phi) is 6.28. The van der Waals surface area contributed by atoms with E-state index in [0.717, 1.165) is 87.3 Å². The molecule has 2 aliphatic heterocycles. The van der Waals surface area contributed by atoms with Gasteiger partial charge in [-0.3, -0.25) is 4.90 Å². The van der Waals surface area contributed by atoms with Gasteiger partial charge in [-0.2, -0.15) is 0 Å². The summed E-state index contributed by atoms with van der Waals surface area (Å²) in [4.78, 5) is 17.0. The first-order chi connectivity index (χ1) is 16.0. The van der Waals surface area contributed by atoms with Gasteiger partial charge in [-0.25, -0.2) is 9.97 Å². The quantitative estimate of drug-likeness (QED) is 0.637. The van der Waals surface area contributed by atoms with Crippen molar-refractivity contribution in [1.29, 1.82) is 0 Å². The number of hydrogen-bond acceptors (Lipinski definition) is 8. The summed E-state index contributed by atoms with van der Waals surface area (Å²) in [6.45, 7) is 8.71. The van der Waals surface area contributed by atoms with Gasteiger partial charge in [0.25, 0.3) is 0 Å². The first kappa shape index (κ1) is 21.9. The fraction of sp³-hybridized carbons (Fsp3) is 0.480. The van der Waals surface area contributed by atoms with Crippen LogP contribution in [-0.2, 0) is 6.54 Å². The average Bonchev–Trinajstić information content (AvgIpc) is 3.27. The lowest BCUT2D eigenvalue weighted by atomic mass is 9.91. The van der Waals surface area contributed by atoms with Gasteiger partial charge in [0, 0.05) is 57.4 Å². The number of hydrogen-bond donors (Lipinski definition) is 1. The molecule has 2 fully saturated rings. The zero-order valence-electron chi connectivity index (χ0n) is 19.4. The topological polar surface area (TPSA) is 81.8 Å². The zero-order chi connectivity index (χ0) is 22.8. The number of rotatable bonds is 5. The standard InChI is InChI=1S/C25H32N6O2/c1-18-14-23(33-28-18)22-15-26-25(31-12-10-29(2)11-13-31)27-24(22)20-4-3-9-30(17-20)16-19-5-7-21(32)8-6-19/h5-8,14-15,20,32H,3-4,9-13,16-17H2,1-2H3. The van der Waals surface area contributed by atoms with E-state index in [9.17, 15) is 5.11 Å². The van der Waals surface area contributed by atoms with Crippen LogP contribution in [0.5, 0.6) is 5.75 Å². The van der Waals surface area contributed by atoms with E-state index in [1.807, 2.05) is 31.3 Å². The van der Waals surface area contributed by atoms with E-state index in [0.29, 0.717) is 11.7 Å². The molecule has 8 nitrogen and oxygen atoms in total. The van der Waals surface area contributed by atoms with E-state index >= 15 is 0 Å². The third-order valence-electron chi connectivity index (χ3n) is 6.72. The highest BCUT2D eigenvalue weighted by atomic mass is 16.5. The molecule has 1 aromatic carbocycles. The maximum Gasteiger partial charge on any atom is 0.225 e. The summed E-state index contributed by atoms with van der Waals surface area (Å²) in [5.74, 6) is 2.15. The highest BCUT2D eigenvalue weighted by Crippen LogP contribution is 2.35. The summed E-state index contributed by atoms with van der Waals surface area (Å²) in [5.41, 5.74) is 4.08. The third kappa shape index (κ3) is 5.02. The molecule has 3 aromatic rings. The van der Waals surface area contributed by atoms with Gasteiger partial charge in [-0.05, 0) is 51.1 Å². The van der Waals surface area contributed by atoms with Gasteiger partial charge in [0.05, 0.1) is 17.0 Å². The Morgan fingerprint density at radius 3 is 2.61 bits per heavy atom. The van der Waals surface area contributed by atoms with Gasteiger partial charge < -0.3 is 19.4 Å². The summed E-state index contributed by atoms with van der Waals surface area (Å²) in [7, 11) is 2.16. The van der Waals surface area contributed by atoms with Gasteiger partial charge in [0.15, 0.2) is 5.76 Å². The van der Waals surface area contributed by atoms with E-state index in [4.69, 9.17) is 14.5 Å². The summed E-state index contributed by atoms with van der Waals surface area (Å²) in [6, 6.07) is 9.48. The average molecular weight is 449 g/mol. The lowest BCUT2D eigenvalue weighted by Crippen LogP contribution is -2.45. The number of likely N-dealkylation sites (tertiary alicyclic amines) is 1. The Morgan fingerprint density at radius 2 is 1.88 bits per heavy atom. The fourth-order valence-corrected chi connectivity index (χ4v) is 4.82. The number of phenolic OH excluding ortho intramolecular Hbond substituents is 1. The van der Waals surface area contributed by atoms with E-state index in [1.54, 1.807) is 12.1 Å². The molecule has 1 atom stereocenters. The Hall–Kier alpha value is -2.97. The minimum Gasteiger partial charge on any atom is -0.508 e. The molecule has 0 bridgehead atoms. The second-order valence-electron chi connectivity index (χ2n) is 9.33. The van der Waals surface area contributed by atoms with E-state index < -0.39 is 0 Å². The molecule has 33 heavy (non-hydrogen) atoms. The largest absolute Gasteiger partial charge is 0.508 e. The van der Waals surface area contributed by atoms with Crippen LogP contribution < -0.4 is 4.90 Å². The van der Waals surface area contributed by atoms with Gasteiger partial charge in [0.1, 0.15) is 5.75 Å². The second-order valence-corrected chi connectivity index (χ2v) is 9.33. The van der Waals surface area contributed by atoms with E-state index in [2.05, 4.69) is 26.9 Å². The maximum absolute atomic E-state index is 9.59. The molecule has 0 spiro atoms. The Bertz CT molecular complexity index is 1070. The van der Waals surface area contributed by atoms with Crippen molar-refractivity contribution in [2.24, 2.45) is 0 Å². The molecule has 0 saturated carbocycles. The molecule has 1 unspecified atom stereocenters. The number of anilines is 1. The second kappa shape index (κ2) is 9.49. The maximum atomic E-state index is 9.59. The Balaban J connectivity index is 1.42. The van der Waals surface area contributed by atoms with Crippen LogP contribution in [0.1, 0.15) is 35.7 Å². The van der Waals surface area contributed by atoms with Crippen LogP contribution in [0.3, 0.4) is 0 Å². The first-order valence-corrected chi connectivity index (χ1v) is 11.8. The minimum atomic E-state index is 0.297. The smallest absolute Gasteiger partial charge is 0.225 e. The zero-order valence-corrected chi connectivity index (χ0v) is 19.4. The Labute approximate surface area is 194 Å². The fourth-order valence-electron chi connectivity index (χ4n) is 4.82. The van der Waals surface area contributed by atoms with Crippen LogP contribution in [0.25, 0.3) is 11.3 Å². The highest BCUT2D eigenvalue weighted by molar-refractivity contribution is 5.61. The predicted octanol–water partition coefficient (Wildman–Crippen LogP) is 3.28. The normalized spacial score (nSPS) is 20.3. The SMILES string of the molecule is Cc1cc(-c2cnc(N3CCN(C)CC3)nc2C2CCCN(Cc3ccc(O)cc3)C2)on1. The molecule has 174 valence electrons. The van der Waals surface area contributed by atoms with Crippen molar-refractivity contribution < 1.29 is 9.63 Å². The summed E-state index contributed by atoms with van der Waals surface area (Å²) in [6.07, 6.45) is 4.13. The third-order valence-corrected chi connectivity index (χ3v) is 6.72. The summed E-state index contributed by atoms with van der Waals surface area (Å²) < 4.78 is 5.63. The van der Waals surface area contributed by atoms with E-state index in [-0.39, 0.29) is 0 Å². The van der Waals surface area contributed by atoms with Crippen molar-refractivity contribution in [3.63, 3.8) is 0 Å². The number of likely N-dealkylation sites (N-methyl/N-ethyl adjacent to an activating group) is 1. The summed E-state index contributed by atoms with van der Waals surface area (Å²) >= 11 is 0. The van der Waals surface area contributed by atoms with Crippen LogP contribution >= 0.6 is 0 Å². The molecule has 0 amide bonds. The molecule has 2 saturated heterocycles. The van der Waals surface area contributed by atoms with Crippen LogP contribution in [0, 0.1) is 6.92 Å².